The lowest BCUT2D eigenvalue weighted by Gasteiger charge is -2.42. The van der Waals surface area contributed by atoms with Gasteiger partial charge in [-0.05, 0) is 71.5 Å². The largest absolute Gasteiger partial charge is 0.494 e. The van der Waals surface area contributed by atoms with E-state index >= 15 is 0 Å². The van der Waals surface area contributed by atoms with E-state index in [0.29, 0.717) is 12.1 Å². The van der Waals surface area contributed by atoms with Crippen molar-refractivity contribution in [3.8, 4) is 0 Å². The fourth-order valence-electron chi connectivity index (χ4n) is 4.61. The average molecular weight is 343 g/mol. The van der Waals surface area contributed by atoms with Crippen molar-refractivity contribution < 1.29 is 14.4 Å². The van der Waals surface area contributed by atoms with Gasteiger partial charge < -0.3 is 19.3 Å². The SMILES string of the molecule is CN1C2CCC1CC(O)(c1ccc(B3OC(C)(C)C(C)(C)O3)cc1)C2. The van der Waals surface area contributed by atoms with Crippen molar-refractivity contribution in [2.45, 2.75) is 82.3 Å². The van der Waals surface area contributed by atoms with Crippen molar-refractivity contribution in [2.24, 2.45) is 0 Å². The van der Waals surface area contributed by atoms with Crippen LogP contribution in [-0.4, -0.2) is 47.5 Å². The maximum absolute atomic E-state index is 11.3. The third-order valence-corrected chi connectivity index (χ3v) is 7.11. The Hall–Kier alpha value is -0.875. The van der Waals surface area contributed by atoms with E-state index in [9.17, 15) is 5.11 Å². The van der Waals surface area contributed by atoms with Crippen molar-refractivity contribution in [2.75, 3.05) is 7.05 Å². The molecule has 1 aromatic rings. The van der Waals surface area contributed by atoms with Crippen molar-refractivity contribution in [1.82, 2.24) is 4.90 Å². The first-order valence-corrected chi connectivity index (χ1v) is 9.52. The second-order valence-corrected chi connectivity index (χ2v) is 9.20. The summed E-state index contributed by atoms with van der Waals surface area (Å²) in [6.07, 6.45) is 4.07. The van der Waals surface area contributed by atoms with E-state index in [1.54, 1.807) is 0 Å². The number of nitrogens with zero attached hydrogens (tertiary/aromatic N) is 1. The summed E-state index contributed by atoms with van der Waals surface area (Å²) in [7, 11) is 1.85. The lowest BCUT2D eigenvalue weighted by molar-refractivity contribution is -0.0493. The summed E-state index contributed by atoms with van der Waals surface area (Å²) >= 11 is 0. The van der Waals surface area contributed by atoms with Crippen LogP contribution < -0.4 is 5.46 Å². The molecule has 2 bridgehead atoms. The molecule has 4 rings (SSSR count). The van der Waals surface area contributed by atoms with Crippen LogP contribution in [0.4, 0.5) is 0 Å². The van der Waals surface area contributed by atoms with Crippen LogP contribution in [0.3, 0.4) is 0 Å². The Balaban J connectivity index is 1.53. The van der Waals surface area contributed by atoms with E-state index in [0.717, 1.165) is 23.9 Å². The fourth-order valence-corrected chi connectivity index (χ4v) is 4.61. The van der Waals surface area contributed by atoms with E-state index < -0.39 is 5.60 Å². The quantitative estimate of drug-likeness (QED) is 0.838. The monoisotopic (exact) mass is 343 g/mol. The Morgan fingerprint density at radius 1 is 0.960 bits per heavy atom. The number of hydrogen-bond donors (Lipinski definition) is 1. The van der Waals surface area contributed by atoms with Gasteiger partial charge in [-0.3, -0.25) is 0 Å². The van der Waals surface area contributed by atoms with Gasteiger partial charge in [0.2, 0.25) is 0 Å². The van der Waals surface area contributed by atoms with E-state index in [1.807, 2.05) is 0 Å². The standard InChI is InChI=1S/C20H30BNO3/c1-18(2)19(3,4)25-21(24-18)15-8-6-14(7-9-15)20(23)12-16-10-11-17(13-20)22(16)5/h6-9,16-17,23H,10-13H2,1-5H3. The summed E-state index contributed by atoms with van der Waals surface area (Å²) in [4.78, 5) is 2.45. The Labute approximate surface area is 151 Å². The van der Waals surface area contributed by atoms with Crippen molar-refractivity contribution >= 4 is 12.6 Å². The highest BCUT2D eigenvalue weighted by molar-refractivity contribution is 6.62. The molecule has 3 aliphatic rings. The number of aliphatic hydroxyl groups is 1. The van der Waals surface area contributed by atoms with E-state index in [2.05, 4.69) is 63.9 Å². The Kier molecular flexibility index (Phi) is 3.90. The van der Waals surface area contributed by atoms with Crippen LogP contribution >= 0.6 is 0 Å². The summed E-state index contributed by atoms with van der Waals surface area (Å²) in [5.74, 6) is 0. The summed E-state index contributed by atoms with van der Waals surface area (Å²) in [5, 5.41) is 11.3. The van der Waals surface area contributed by atoms with Gasteiger partial charge >= 0.3 is 7.12 Å². The third-order valence-electron chi connectivity index (χ3n) is 7.11. The van der Waals surface area contributed by atoms with Gasteiger partial charge in [-0.15, -0.1) is 0 Å². The molecule has 0 aliphatic carbocycles. The molecule has 25 heavy (non-hydrogen) atoms. The lowest BCUT2D eigenvalue weighted by Crippen LogP contribution is -2.47. The number of rotatable bonds is 2. The Morgan fingerprint density at radius 3 is 1.92 bits per heavy atom. The molecule has 4 nitrogen and oxygen atoms in total. The minimum Gasteiger partial charge on any atom is -0.399 e. The molecule has 0 radical (unpaired) electrons. The number of benzene rings is 1. The van der Waals surface area contributed by atoms with Crippen molar-refractivity contribution in [3.63, 3.8) is 0 Å². The van der Waals surface area contributed by atoms with Gasteiger partial charge in [-0.25, -0.2) is 0 Å². The smallest absolute Gasteiger partial charge is 0.399 e. The molecule has 0 aromatic heterocycles. The van der Waals surface area contributed by atoms with Crippen LogP contribution in [0.2, 0.25) is 0 Å². The van der Waals surface area contributed by atoms with Crippen LogP contribution in [0, 0.1) is 0 Å². The van der Waals surface area contributed by atoms with Gasteiger partial charge in [0.1, 0.15) is 0 Å². The summed E-state index contributed by atoms with van der Waals surface area (Å²) < 4.78 is 12.3. The molecule has 3 aliphatic heterocycles. The van der Waals surface area contributed by atoms with Gasteiger partial charge in [-0.1, -0.05) is 24.3 Å². The molecule has 2 unspecified atom stereocenters. The zero-order valence-electron chi connectivity index (χ0n) is 16.1. The average Bonchev–Trinajstić information content (AvgIpc) is 2.88. The van der Waals surface area contributed by atoms with E-state index in [1.165, 1.54) is 12.8 Å². The van der Waals surface area contributed by atoms with E-state index in [4.69, 9.17) is 9.31 Å². The second kappa shape index (κ2) is 5.56. The topological polar surface area (TPSA) is 41.9 Å². The molecule has 2 atom stereocenters. The Bertz CT molecular complexity index is 627. The molecule has 1 aromatic carbocycles. The minimum absolute atomic E-state index is 0.332. The minimum atomic E-state index is -0.702. The lowest BCUT2D eigenvalue weighted by atomic mass is 9.76. The molecule has 0 spiro atoms. The number of fused-ring (bicyclic) bond motifs is 2. The molecule has 1 N–H and O–H groups in total. The first-order chi connectivity index (χ1) is 11.6. The second-order valence-electron chi connectivity index (χ2n) is 9.20. The summed E-state index contributed by atoms with van der Waals surface area (Å²) in [6, 6.07) is 9.24. The molecule has 5 heteroatoms. The van der Waals surface area contributed by atoms with Crippen LogP contribution in [0.25, 0.3) is 0 Å². The zero-order valence-corrected chi connectivity index (χ0v) is 16.1. The van der Waals surface area contributed by atoms with Crippen LogP contribution in [0.15, 0.2) is 24.3 Å². The molecule has 3 heterocycles. The molecule has 0 amide bonds. The highest BCUT2D eigenvalue weighted by Crippen LogP contribution is 2.44. The van der Waals surface area contributed by atoms with Gasteiger partial charge in [0.15, 0.2) is 0 Å². The molecular formula is C20H30BNO3. The van der Waals surface area contributed by atoms with Crippen LogP contribution in [-0.2, 0) is 14.9 Å². The normalized spacial score (nSPS) is 36.8. The molecule has 136 valence electrons. The highest BCUT2D eigenvalue weighted by Gasteiger charge is 2.52. The van der Waals surface area contributed by atoms with Crippen molar-refractivity contribution in [1.29, 1.82) is 0 Å². The first-order valence-electron chi connectivity index (χ1n) is 9.52. The predicted molar refractivity (Wildman–Crippen MR) is 99.9 cm³/mol. The first kappa shape index (κ1) is 17.5. The number of hydrogen-bond acceptors (Lipinski definition) is 4. The maximum atomic E-state index is 11.3. The van der Waals surface area contributed by atoms with Crippen LogP contribution in [0.5, 0.6) is 0 Å². The summed E-state index contributed by atoms with van der Waals surface area (Å²) in [6.45, 7) is 8.27. The fraction of sp³-hybridized carbons (Fsp3) is 0.700. The van der Waals surface area contributed by atoms with Crippen LogP contribution in [0.1, 0.15) is 58.9 Å². The highest BCUT2D eigenvalue weighted by atomic mass is 16.7. The maximum Gasteiger partial charge on any atom is 0.494 e. The molecular weight excluding hydrogens is 313 g/mol. The molecule has 3 saturated heterocycles. The Morgan fingerprint density at radius 2 is 1.44 bits per heavy atom. The predicted octanol–water partition coefficient (Wildman–Crippen LogP) is 2.43. The molecule has 3 fully saturated rings. The van der Waals surface area contributed by atoms with Gasteiger partial charge in [0.05, 0.1) is 16.8 Å². The summed E-state index contributed by atoms with van der Waals surface area (Å²) in [5.41, 5.74) is 0.676. The zero-order chi connectivity index (χ0) is 18.0. The van der Waals surface area contributed by atoms with Gasteiger partial charge in [-0.2, -0.15) is 0 Å². The van der Waals surface area contributed by atoms with Gasteiger partial charge in [0, 0.05) is 12.1 Å². The number of piperidine rings is 1. The molecule has 0 saturated carbocycles. The van der Waals surface area contributed by atoms with E-state index in [-0.39, 0.29) is 18.3 Å². The van der Waals surface area contributed by atoms with Crippen molar-refractivity contribution in [3.05, 3.63) is 29.8 Å². The third kappa shape index (κ3) is 2.76. The van der Waals surface area contributed by atoms with Gasteiger partial charge in [0.25, 0.3) is 0 Å².